The number of hydrogen-bond donors (Lipinski definition) is 2. The minimum atomic E-state index is -0.322. The number of rotatable bonds is 3. The van der Waals surface area contributed by atoms with Gasteiger partial charge in [0.05, 0.1) is 12.1 Å². The summed E-state index contributed by atoms with van der Waals surface area (Å²) in [7, 11) is 0. The normalized spacial score (nSPS) is 11.5. The number of oxime groups is 1. The van der Waals surface area contributed by atoms with Gasteiger partial charge < -0.3 is 15.5 Å². The Bertz CT molecular complexity index is 681. The molecule has 19 heavy (non-hydrogen) atoms. The molecule has 0 spiro atoms. The van der Waals surface area contributed by atoms with Gasteiger partial charge in [0.2, 0.25) is 0 Å². The zero-order chi connectivity index (χ0) is 13.8. The largest absolute Gasteiger partial charge is 0.409 e. The second-order valence-corrected chi connectivity index (χ2v) is 4.77. The van der Waals surface area contributed by atoms with Crippen LogP contribution in [0.4, 0.5) is 0 Å². The first-order chi connectivity index (χ1) is 9.11. The van der Waals surface area contributed by atoms with Gasteiger partial charge in [0.15, 0.2) is 5.84 Å². The smallest absolute Gasteiger partial charge is 0.261 e. The number of nitrogens with zero attached hydrogens (tertiary/aromatic N) is 3. The second-order valence-electron chi connectivity index (χ2n) is 3.85. The predicted molar refractivity (Wildman–Crippen MR) is 74.3 cm³/mol. The van der Waals surface area contributed by atoms with Gasteiger partial charge in [-0.25, -0.2) is 0 Å². The predicted octanol–water partition coefficient (Wildman–Crippen LogP) is 1.15. The summed E-state index contributed by atoms with van der Waals surface area (Å²) >= 11 is 3.32. The van der Waals surface area contributed by atoms with E-state index in [4.69, 9.17) is 10.9 Å². The molecule has 0 saturated heterocycles. The van der Waals surface area contributed by atoms with Crippen molar-refractivity contribution >= 4 is 21.8 Å². The van der Waals surface area contributed by atoms with Crippen molar-refractivity contribution in [3.63, 3.8) is 0 Å². The molecule has 2 aromatic heterocycles. The van der Waals surface area contributed by atoms with Crippen LogP contribution in [0.3, 0.4) is 0 Å². The van der Waals surface area contributed by atoms with Crippen molar-refractivity contribution in [3.05, 3.63) is 62.7 Å². The van der Waals surface area contributed by atoms with E-state index in [2.05, 4.69) is 26.1 Å². The molecular weight excluding hydrogens is 312 g/mol. The highest BCUT2D eigenvalue weighted by Crippen LogP contribution is 2.10. The lowest BCUT2D eigenvalue weighted by Crippen LogP contribution is -2.29. The van der Waals surface area contributed by atoms with E-state index in [1.807, 2.05) is 6.07 Å². The molecule has 98 valence electrons. The molecule has 0 aliphatic rings. The van der Waals surface area contributed by atoms with Gasteiger partial charge in [0.25, 0.3) is 5.56 Å². The van der Waals surface area contributed by atoms with Crippen LogP contribution >= 0.6 is 15.9 Å². The summed E-state index contributed by atoms with van der Waals surface area (Å²) in [5.41, 5.74) is 6.16. The van der Waals surface area contributed by atoms with Crippen molar-refractivity contribution in [3.8, 4) is 0 Å². The van der Waals surface area contributed by atoms with Crippen LogP contribution in [0.25, 0.3) is 0 Å². The molecule has 7 heteroatoms. The number of aromatic nitrogens is 2. The van der Waals surface area contributed by atoms with Crippen LogP contribution in [-0.2, 0) is 6.54 Å². The summed E-state index contributed by atoms with van der Waals surface area (Å²) in [6.07, 6.45) is 4.98. The van der Waals surface area contributed by atoms with Crippen LogP contribution in [0.2, 0.25) is 0 Å². The van der Waals surface area contributed by atoms with E-state index in [1.54, 1.807) is 24.7 Å². The first-order valence-electron chi connectivity index (χ1n) is 5.38. The van der Waals surface area contributed by atoms with Crippen LogP contribution in [0.5, 0.6) is 0 Å². The third kappa shape index (κ3) is 3.00. The third-order valence-electron chi connectivity index (χ3n) is 2.52. The molecule has 0 aromatic carbocycles. The average Bonchev–Trinajstić information content (AvgIpc) is 2.40. The Balaban J connectivity index is 2.39. The Hall–Kier alpha value is -2.15. The molecule has 0 unspecified atom stereocenters. The van der Waals surface area contributed by atoms with Crippen molar-refractivity contribution in [2.45, 2.75) is 6.54 Å². The Kier molecular flexibility index (Phi) is 3.96. The summed E-state index contributed by atoms with van der Waals surface area (Å²) in [4.78, 5) is 16.2. The zero-order valence-corrected chi connectivity index (χ0v) is 11.4. The van der Waals surface area contributed by atoms with Crippen LogP contribution in [0.1, 0.15) is 11.1 Å². The lowest BCUT2D eigenvalue weighted by atomic mass is 10.2. The fourth-order valence-corrected chi connectivity index (χ4v) is 2.06. The topological polar surface area (TPSA) is 93.5 Å². The highest BCUT2D eigenvalue weighted by Gasteiger charge is 2.08. The molecule has 2 heterocycles. The lowest BCUT2D eigenvalue weighted by Gasteiger charge is -2.07. The zero-order valence-electron chi connectivity index (χ0n) is 9.82. The summed E-state index contributed by atoms with van der Waals surface area (Å²) in [5, 5.41) is 11.5. The number of amidine groups is 1. The van der Waals surface area contributed by atoms with Crippen molar-refractivity contribution in [1.82, 2.24) is 9.55 Å². The molecular formula is C12H11BrN4O2. The standard InChI is InChI=1S/C12H11BrN4O2/c13-9-4-8(5-15-6-9)7-17-3-1-2-10(12(17)18)11(14)16-19/h1-6,19H,7H2,(H2,14,16). The Morgan fingerprint density at radius 2 is 2.32 bits per heavy atom. The van der Waals surface area contributed by atoms with Crippen LogP contribution in [0, 0.1) is 0 Å². The van der Waals surface area contributed by atoms with Crippen molar-refractivity contribution in [2.24, 2.45) is 10.9 Å². The van der Waals surface area contributed by atoms with Crippen LogP contribution in [-0.4, -0.2) is 20.6 Å². The molecule has 2 rings (SSSR count). The Labute approximate surface area is 117 Å². The average molecular weight is 323 g/mol. The SMILES string of the molecule is N/C(=N/O)c1cccn(Cc2cncc(Br)c2)c1=O. The maximum absolute atomic E-state index is 12.1. The van der Waals surface area contributed by atoms with Gasteiger partial charge in [-0.3, -0.25) is 9.78 Å². The van der Waals surface area contributed by atoms with Gasteiger partial charge in [-0.05, 0) is 39.7 Å². The van der Waals surface area contributed by atoms with E-state index in [0.29, 0.717) is 6.54 Å². The van der Waals surface area contributed by atoms with Gasteiger partial charge in [-0.1, -0.05) is 5.16 Å². The second kappa shape index (κ2) is 5.66. The minimum Gasteiger partial charge on any atom is -0.409 e. The monoisotopic (exact) mass is 322 g/mol. The van der Waals surface area contributed by atoms with Crippen molar-refractivity contribution in [1.29, 1.82) is 0 Å². The van der Waals surface area contributed by atoms with E-state index in [0.717, 1.165) is 10.0 Å². The van der Waals surface area contributed by atoms with Crippen molar-refractivity contribution in [2.75, 3.05) is 0 Å². The molecule has 0 fully saturated rings. The maximum Gasteiger partial charge on any atom is 0.261 e. The number of pyridine rings is 2. The third-order valence-corrected chi connectivity index (χ3v) is 2.95. The van der Waals surface area contributed by atoms with Gasteiger partial charge in [-0.15, -0.1) is 0 Å². The Morgan fingerprint density at radius 1 is 1.53 bits per heavy atom. The lowest BCUT2D eigenvalue weighted by molar-refractivity contribution is 0.318. The van der Waals surface area contributed by atoms with E-state index in [-0.39, 0.29) is 17.0 Å². The molecule has 0 radical (unpaired) electrons. The summed E-state index contributed by atoms with van der Waals surface area (Å²) in [6.45, 7) is 0.359. The fourth-order valence-electron chi connectivity index (χ4n) is 1.65. The molecule has 2 aromatic rings. The van der Waals surface area contributed by atoms with Gasteiger partial charge in [0.1, 0.15) is 0 Å². The molecule has 0 amide bonds. The van der Waals surface area contributed by atoms with Gasteiger partial charge >= 0.3 is 0 Å². The molecule has 6 nitrogen and oxygen atoms in total. The number of hydrogen-bond acceptors (Lipinski definition) is 4. The summed E-state index contributed by atoms with van der Waals surface area (Å²) < 4.78 is 2.31. The molecule has 0 bridgehead atoms. The van der Waals surface area contributed by atoms with E-state index in [1.165, 1.54) is 10.6 Å². The molecule has 0 aliphatic carbocycles. The van der Waals surface area contributed by atoms with Crippen molar-refractivity contribution < 1.29 is 5.21 Å². The Morgan fingerprint density at radius 3 is 3.00 bits per heavy atom. The molecule has 0 saturated carbocycles. The summed E-state index contributed by atoms with van der Waals surface area (Å²) in [6, 6.07) is 5.04. The van der Waals surface area contributed by atoms with E-state index in [9.17, 15) is 4.79 Å². The summed E-state index contributed by atoms with van der Waals surface area (Å²) in [5.74, 6) is -0.202. The first kappa shape index (κ1) is 13.3. The highest BCUT2D eigenvalue weighted by atomic mass is 79.9. The molecule has 0 aliphatic heterocycles. The van der Waals surface area contributed by atoms with Crippen LogP contribution in [0.15, 0.2) is 51.2 Å². The minimum absolute atomic E-state index is 0.160. The highest BCUT2D eigenvalue weighted by molar-refractivity contribution is 9.10. The van der Waals surface area contributed by atoms with E-state index >= 15 is 0 Å². The number of nitrogens with two attached hydrogens (primary N) is 1. The van der Waals surface area contributed by atoms with Crippen LogP contribution < -0.4 is 11.3 Å². The fraction of sp³-hybridized carbons (Fsp3) is 0.0833. The quantitative estimate of drug-likeness (QED) is 0.383. The van der Waals surface area contributed by atoms with E-state index < -0.39 is 0 Å². The first-order valence-corrected chi connectivity index (χ1v) is 6.18. The number of halogens is 1. The van der Waals surface area contributed by atoms with Gasteiger partial charge in [0, 0.05) is 23.1 Å². The maximum atomic E-state index is 12.1. The molecule has 3 N–H and O–H groups in total. The van der Waals surface area contributed by atoms with Gasteiger partial charge in [-0.2, -0.15) is 0 Å². The molecule has 0 atom stereocenters.